The normalized spacial score (nSPS) is 21.4. The van der Waals surface area contributed by atoms with E-state index in [1.165, 1.54) is 8.61 Å². The number of pyridine rings is 1. The lowest BCUT2D eigenvalue weighted by molar-refractivity contribution is 0.0691. The van der Waals surface area contributed by atoms with Crippen LogP contribution in [0.4, 0.5) is 0 Å². The third-order valence-corrected chi connectivity index (χ3v) is 7.06. The number of likely N-dealkylation sites (N-methyl/N-ethyl adjacent to an activating group) is 1. The van der Waals surface area contributed by atoms with Crippen molar-refractivity contribution < 1.29 is 13.2 Å². The minimum absolute atomic E-state index is 0.154. The molecule has 0 bridgehead atoms. The molecule has 25 heavy (non-hydrogen) atoms. The fourth-order valence-electron chi connectivity index (χ4n) is 3.06. The van der Waals surface area contributed by atoms with Crippen molar-refractivity contribution in [3.05, 3.63) is 28.5 Å². The van der Waals surface area contributed by atoms with Crippen LogP contribution in [0.25, 0.3) is 0 Å². The van der Waals surface area contributed by atoms with Gasteiger partial charge in [0.25, 0.3) is 16.1 Å². The molecule has 2 aliphatic rings. The Bertz CT molecular complexity index is 778. The zero-order valence-corrected chi connectivity index (χ0v) is 15.9. The Morgan fingerprint density at radius 2 is 1.60 bits per heavy atom. The third kappa shape index (κ3) is 3.93. The Morgan fingerprint density at radius 1 is 1.04 bits per heavy atom. The van der Waals surface area contributed by atoms with Crippen LogP contribution in [0, 0.1) is 4.64 Å². The molecule has 2 saturated heterocycles. The largest absolute Gasteiger partial charge is 0.352 e. The quantitative estimate of drug-likeness (QED) is 0.741. The average Bonchev–Trinajstić information content (AvgIpc) is 2.62. The van der Waals surface area contributed by atoms with Crippen LogP contribution < -0.4 is 0 Å². The summed E-state index contributed by atoms with van der Waals surface area (Å²) >= 11 is 5.15. The number of hydrogen-bond acceptors (Lipinski definition) is 5. The summed E-state index contributed by atoms with van der Waals surface area (Å²) < 4.78 is 28.9. The lowest BCUT2D eigenvalue weighted by atomic mass is 10.2. The van der Waals surface area contributed by atoms with Crippen molar-refractivity contribution in [1.82, 2.24) is 23.4 Å². The number of carbonyl (C=O) groups excluding carboxylic acids is 1. The number of carbonyl (C=O) groups is 1. The number of aromatic nitrogens is 1. The zero-order valence-electron chi connectivity index (χ0n) is 14.2. The van der Waals surface area contributed by atoms with Gasteiger partial charge in [0, 0.05) is 58.6 Å². The highest BCUT2D eigenvalue weighted by molar-refractivity contribution is 7.86. The molecule has 2 aliphatic heterocycles. The smallest absolute Gasteiger partial charge is 0.282 e. The highest BCUT2D eigenvalue weighted by atomic mass is 32.2. The molecule has 3 rings (SSSR count). The molecule has 0 radical (unpaired) electrons. The second-order valence-electron chi connectivity index (χ2n) is 6.31. The van der Waals surface area contributed by atoms with E-state index >= 15 is 0 Å². The fourth-order valence-corrected chi connectivity index (χ4v) is 4.86. The lowest BCUT2D eigenvalue weighted by Crippen LogP contribution is -2.57. The topological polar surface area (TPSA) is 80.0 Å². The Kier molecular flexibility index (Phi) is 5.54. The number of nitrogens with zero attached hydrogens (tertiary/aromatic N) is 4. The van der Waals surface area contributed by atoms with Crippen LogP contribution in [0.15, 0.2) is 18.3 Å². The Balaban J connectivity index is 1.63. The lowest BCUT2D eigenvalue weighted by Gasteiger charge is -2.39. The van der Waals surface area contributed by atoms with Gasteiger partial charge in [-0.1, -0.05) is 12.2 Å². The van der Waals surface area contributed by atoms with Gasteiger partial charge in [0.1, 0.15) is 4.64 Å². The molecule has 1 aromatic heterocycles. The molecule has 3 heterocycles. The first-order valence-corrected chi connectivity index (χ1v) is 10.1. The predicted molar refractivity (Wildman–Crippen MR) is 97.1 cm³/mol. The van der Waals surface area contributed by atoms with Crippen LogP contribution in [-0.2, 0) is 10.2 Å². The minimum Gasteiger partial charge on any atom is -0.352 e. The molecule has 138 valence electrons. The van der Waals surface area contributed by atoms with Crippen LogP contribution in [0.5, 0.6) is 0 Å². The fraction of sp³-hybridized carbons (Fsp3) is 0.600. The van der Waals surface area contributed by atoms with Gasteiger partial charge in [-0.05, 0) is 19.2 Å². The van der Waals surface area contributed by atoms with Crippen molar-refractivity contribution in [3.8, 4) is 0 Å². The van der Waals surface area contributed by atoms with Gasteiger partial charge in [0.2, 0.25) is 0 Å². The van der Waals surface area contributed by atoms with E-state index in [4.69, 9.17) is 12.2 Å². The molecule has 0 unspecified atom stereocenters. The van der Waals surface area contributed by atoms with Gasteiger partial charge in [-0.3, -0.25) is 4.79 Å². The SMILES string of the molecule is CN1CCN(S(=O)(=O)N2CCN(C(=O)c3ccc[nH]c3=S)CC2)CC1. The summed E-state index contributed by atoms with van der Waals surface area (Å²) in [4.78, 5) is 19.2. The molecule has 1 aromatic rings. The first-order valence-electron chi connectivity index (χ1n) is 8.30. The summed E-state index contributed by atoms with van der Waals surface area (Å²) in [6, 6.07) is 3.42. The van der Waals surface area contributed by atoms with Crippen molar-refractivity contribution in [3.63, 3.8) is 0 Å². The van der Waals surface area contributed by atoms with Gasteiger partial charge >= 0.3 is 0 Å². The third-order valence-electron chi connectivity index (χ3n) is 4.69. The van der Waals surface area contributed by atoms with Crippen LogP contribution in [0.1, 0.15) is 10.4 Å². The number of hydrogen-bond donors (Lipinski definition) is 1. The molecule has 8 nitrogen and oxygen atoms in total. The molecule has 0 spiro atoms. The number of amides is 1. The van der Waals surface area contributed by atoms with E-state index in [-0.39, 0.29) is 5.91 Å². The summed E-state index contributed by atoms with van der Waals surface area (Å²) in [5, 5.41) is 0. The number of H-pyrrole nitrogens is 1. The van der Waals surface area contributed by atoms with Crippen LogP contribution >= 0.6 is 12.2 Å². The zero-order chi connectivity index (χ0) is 18.0. The van der Waals surface area contributed by atoms with Crippen LogP contribution in [0.3, 0.4) is 0 Å². The monoisotopic (exact) mass is 385 g/mol. The van der Waals surface area contributed by atoms with E-state index in [0.29, 0.717) is 49.5 Å². The highest BCUT2D eigenvalue weighted by Crippen LogP contribution is 2.16. The van der Waals surface area contributed by atoms with Gasteiger partial charge in [0.15, 0.2) is 0 Å². The van der Waals surface area contributed by atoms with E-state index in [1.807, 2.05) is 7.05 Å². The number of nitrogens with one attached hydrogen (secondary N) is 1. The van der Waals surface area contributed by atoms with E-state index in [9.17, 15) is 13.2 Å². The van der Waals surface area contributed by atoms with Crippen molar-refractivity contribution in [2.45, 2.75) is 0 Å². The Hall–Kier alpha value is -1.33. The maximum Gasteiger partial charge on any atom is 0.282 e. The minimum atomic E-state index is -3.46. The predicted octanol–water partition coefficient (Wildman–Crippen LogP) is -0.00581. The van der Waals surface area contributed by atoms with Crippen molar-refractivity contribution in [1.29, 1.82) is 0 Å². The summed E-state index contributed by atoms with van der Waals surface area (Å²) in [7, 11) is -1.47. The molecule has 0 atom stereocenters. The van der Waals surface area contributed by atoms with Gasteiger partial charge in [-0.15, -0.1) is 0 Å². The summed E-state index contributed by atoms with van der Waals surface area (Å²) in [6.45, 7) is 3.86. The number of aromatic amines is 1. The maximum atomic E-state index is 12.8. The van der Waals surface area contributed by atoms with Gasteiger partial charge in [-0.25, -0.2) is 0 Å². The van der Waals surface area contributed by atoms with Crippen LogP contribution in [0.2, 0.25) is 0 Å². The molecule has 2 fully saturated rings. The van der Waals surface area contributed by atoms with Gasteiger partial charge < -0.3 is 14.8 Å². The molecular weight excluding hydrogens is 362 g/mol. The molecule has 0 aliphatic carbocycles. The van der Waals surface area contributed by atoms with Crippen LogP contribution in [-0.4, -0.2) is 97.1 Å². The summed E-state index contributed by atoms with van der Waals surface area (Å²) in [5.41, 5.74) is 0.452. The maximum absolute atomic E-state index is 12.8. The highest BCUT2D eigenvalue weighted by Gasteiger charge is 2.34. The molecule has 0 aromatic carbocycles. The van der Waals surface area contributed by atoms with Gasteiger partial charge in [0.05, 0.1) is 5.56 Å². The first kappa shape index (κ1) is 18.5. The van der Waals surface area contributed by atoms with E-state index in [0.717, 1.165) is 13.1 Å². The van der Waals surface area contributed by atoms with Crippen molar-refractivity contribution in [2.75, 3.05) is 59.4 Å². The van der Waals surface area contributed by atoms with E-state index < -0.39 is 10.2 Å². The van der Waals surface area contributed by atoms with Crippen molar-refractivity contribution in [2.24, 2.45) is 0 Å². The molecule has 0 saturated carbocycles. The number of rotatable bonds is 3. The average molecular weight is 386 g/mol. The molecule has 10 heteroatoms. The molecule has 1 amide bonds. The number of piperazine rings is 2. The first-order chi connectivity index (χ1) is 11.9. The molecule has 1 N–H and O–H groups in total. The van der Waals surface area contributed by atoms with E-state index in [1.54, 1.807) is 23.2 Å². The second-order valence-corrected chi connectivity index (χ2v) is 8.65. The standard InChI is InChI=1S/C15H23N5O3S2/c1-17-5-9-19(10-6-17)25(22,23)20-11-7-18(8-12-20)15(21)13-3-2-4-16-14(13)24/h2-4H,5-12H2,1H3,(H,16,24). The Labute approximate surface area is 153 Å². The van der Waals surface area contributed by atoms with Crippen molar-refractivity contribution >= 4 is 28.3 Å². The summed E-state index contributed by atoms with van der Waals surface area (Å²) in [5.74, 6) is -0.154. The molecular formula is C15H23N5O3S2. The second kappa shape index (κ2) is 7.50. The van der Waals surface area contributed by atoms with Gasteiger partial charge in [-0.2, -0.15) is 17.0 Å². The Morgan fingerprint density at radius 3 is 2.16 bits per heavy atom. The summed E-state index contributed by atoms with van der Waals surface area (Å²) in [6.07, 6.45) is 1.68. The van der Waals surface area contributed by atoms with E-state index in [2.05, 4.69) is 9.88 Å².